The van der Waals surface area contributed by atoms with Crippen molar-refractivity contribution >= 4 is 11.9 Å². The Hall–Kier alpha value is -1.63. The molecule has 1 heteroatoms. The fourth-order valence-electron chi connectivity index (χ4n) is 1.88. The first kappa shape index (κ1) is 14.4. The predicted molar refractivity (Wildman–Crippen MR) is 78.5 cm³/mol. The largest absolute Gasteiger partial charge is 0.303 e. The summed E-state index contributed by atoms with van der Waals surface area (Å²) in [6.07, 6.45) is 7.90. The molecule has 0 saturated heterocycles. The summed E-state index contributed by atoms with van der Waals surface area (Å²) in [6, 6.07) is 8.50. The van der Waals surface area contributed by atoms with Crippen LogP contribution in [0.5, 0.6) is 0 Å². The van der Waals surface area contributed by atoms with Gasteiger partial charge in [0.2, 0.25) is 0 Å². The molecule has 0 aliphatic rings. The van der Waals surface area contributed by atoms with Crippen molar-refractivity contribution in [3.63, 3.8) is 0 Å². The fraction of sp³-hybridized carbons (Fsp3) is 0.353. The number of hydrogen-bond donors (Lipinski definition) is 0. The summed E-state index contributed by atoms with van der Waals surface area (Å²) in [5.74, 6) is 0. The molecule has 1 aromatic rings. The van der Waals surface area contributed by atoms with E-state index in [-0.39, 0.29) is 0 Å². The van der Waals surface area contributed by atoms with Crippen LogP contribution < -0.4 is 0 Å². The lowest BCUT2D eigenvalue weighted by atomic mass is 10.00. The zero-order valence-electron chi connectivity index (χ0n) is 11.6. The van der Waals surface area contributed by atoms with Crippen LogP contribution >= 0.6 is 0 Å². The Morgan fingerprint density at radius 1 is 1.17 bits per heavy atom. The highest BCUT2D eigenvalue weighted by Crippen LogP contribution is 2.19. The van der Waals surface area contributed by atoms with Crippen molar-refractivity contribution in [3.8, 4) is 0 Å². The Morgan fingerprint density at radius 2 is 1.83 bits per heavy atom. The highest BCUT2D eigenvalue weighted by Gasteiger charge is 1.99. The van der Waals surface area contributed by atoms with Gasteiger partial charge in [0, 0.05) is 6.42 Å². The molecule has 0 heterocycles. The van der Waals surface area contributed by atoms with Crippen LogP contribution in [0, 0.1) is 0 Å². The SMILES string of the molecule is CC/C=C(\C=C(C)C)c1ccc(CCC=O)cc1. The third-order valence-corrected chi connectivity index (χ3v) is 2.71. The number of allylic oxidation sites excluding steroid dienone is 4. The van der Waals surface area contributed by atoms with E-state index in [1.165, 1.54) is 22.3 Å². The molecule has 0 N–H and O–H groups in total. The molecule has 1 nitrogen and oxygen atoms in total. The third-order valence-electron chi connectivity index (χ3n) is 2.71. The standard InChI is InChI=1S/C17H22O/c1-4-6-17(13-14(2)3)16-10-8-15(9-11-16)7-5-12-18/h6,8-13H,4-5,7H2,1-3H3/b17-6+. The normalized spacial score (nSPS) is 11.2. The van der Waals surface area contributed by atoms with Gasteiger partial charge in [-0.25, -0.2) is 0 Å². The van der Waals surface area contributed by atoms with E-state index in [2.05, 4.69) is 57.2 Å². The maximum Gasteiger partial charge on any atom is 0.120 e. The van der Waals surface area contributed by atoms with Crippen LogP contribution in [0.25, 0.3) is 5.57 Å². The van der Waals surface area contributed by atoms with E-state index in [9.17, 15) is 4.79 Å². The van der Waals surface area contributed by atoms with Gasteiger partial charge < -0.3 is 4.79 Å². The molecule has 1 aromatic carbocycles. The van der Waals surface area contributed by atoms with E-state index >= 15 is 0 Å². The number of hydrogen-bond acceptors (Lipinski definition) is 1. The summed E-state index contributed by atoms with van der Waals surface area (Å²) in [5, 5.41) is 0. The quantitative estimate of drug-likeness (QED) is 0.527. The summed E-state index contributed by atoms with van der Waals surface area (Å²) in [7, 11) is 0. The highest BCUT2D eigenvalue weighted by atomic mass is 16.1. The first-order chi connectivity index (χ1) is 8.67. The molecular weight excluding hydrogens is 220 g/mol. The van der Waals surface area contributed by atoms with E-state index in [4.69, 9.17) is 0 Å². The van der Waals surface area contributed by atoms with Crippen LogP contribution in [0.3, 0.4) is 0 Å². The van der Waals surface area contributed by atoms with Crippen molar-refractivity contribution in [3.05, 3.63) is 53.1 Å². The van der Waals surface area contributed by atoms with Gasteiger partial charge in [0.15, 0.2) is 0 Å². The third kappa shape index (κ3) is 4.70. The zero-order valence-corrected chi connectivity index (χ0v) is 11.6. The number of aldehydes is 1. The van der Waals surface area contributed by atoms with Crippen molar-refractivity contribution in [2.75, 3.05) is 0 Å². The van der Waals surface area contributed by atoms with Crippen LogP contribution in [-0.2, 0) is 11.2 Å². The highest BCUT2D eigenvalue weighted by molar-refractivity contribution is 5.74. The van der Waals surface area contributed by atoms with Gasteiger partial charge in [0.05, 0.1) is 0 Å². The van der Waals surface area contributed by atoms with Crippen molar-refractivity contribution < 1.29 is 4.79 Å². The number of carbonyl (C=O) groups is 1. The van der Waals surface area contributed by atoms with Crippen molar-refractivity contribution in [1.29, 1.82) is 0 Å². The summed E-state index contributed by atoms with van der Waals surface area (Å²) in [5.41, 5.74) is 5.05. The number of benzene rings is 1. The minimum Gasteiger partial charge on any atom is -0.303 e. The maximum absolute atomic E-state index is 10.3. The van der Waals surface area contributed by atoms with Gasteiger partial charge in [0.25, 0.3) is 0 Å². The molecule has 0 aliphatic carbocycles. The Balaban J connectivity index is 2.90. The summed E-state index contributed by atoms with van der Waals surface area (Å²) in [6.45, 7) is 6.38. The molecule has 0 bridgehead atoms. The number of carbonyl (C=O) groups excluding carboxylic acids is 1. The van der Waals surface area contributed by atoms with Crippen LogP contribution in [0.15, 0.2) is 42.0 Å². The molecule has 1 rings (SSSR count). The molecule has 96 valence electrons. The average Bonchev–Trinajstić information content (AvgIpc) is 2.36. The second-order valence-electron chi connectivity index (χ2n) is 4.69. The van der Waals surface area contributed by atoms with Gasteiger partial charge >= 0.3 is 0 Å². The molecule has 0 spiro atoms. The molecule has 0 amide bonds. The van der Waals surface area contributed by atoms with Crippen molar-refractivity contribution in [2.45, 2.75) is 40.0 Å². The van der Waals surface area contributed by atoms with Gasteiger partial charge in [-0.2, -0.15) is 0 Å². The minimum absolute atomic E-state index is 0.602. The first-order valence-electron chi connectivity index (χ1n) is 6.55. The maximum atomic E-state index is 10.3. The molecule has 0 unspecified atom stereocenters. The molecule has 0 fully saturated rings. The van der Waals surface area contributed by atoms with E-state index in [1.54, 1.807) is 0 Å². The Kier molecular flexibility index (Phi) is 6.13. The molecule has 0 radical (unpaired) electrons. The zero-order chi connectivity index (χ0) is 13.4. The topological polar surface area (TPSA) is 17.1 Å². The minimum atomic E-state index is 0.602. The Bertz CT molecular complexity index is 431. The number of rotatable bonds is 6. The van der Waals surface area contributed by atoms with Crippen LogP contribution in [0.4, 0.5) is 0 Å². The smallest absolute Gasteiger partial charge is 0.120 e. The van der Waals surface area contributed by atoms with E-state index in [1.807, 2.05) is 0 Å². The predicted octanol–water partition coefficient (Wildman–Crippen LogP) is 4.58. The van der Waals surface area contributed by atoms with Crippen LogP contribution in [0.1, 0.15) is 44.7 Å². The summed E-state index contributed by atoms with van der Waals surface area (Å²) < 4.78 is 0. The Morgan fingerprint density at radius 3 is 2.33 bits per heavy atom. The van der Waals surface area contributed by atoms with E-state index in [0.717, 1.165) is 19.1 Å². The van der Waals surface area contributed by atoms with Crippen LogP contribution in [0.2, 0.25) is 0 Å². The number of aryl methyl sites for hydroxylation is 1. The van der Waals surface area contributed by atoms with Crippen molar-refractivity contribution in [2.24, 2.45) is 0 Å². The first-order valence-corrected chi connectivity index (χ1v) is 6.55. The monoisotopic (exact) mass is 242 g/mol. The average molecular weight is 242 g/mol. The van der Waals surface area contributed by atoms with Gasteiger partial charge in [-0.3, -0.25) is 0 Å². The lowest BCUT2D eigenvalue weighted by Crippen LogP contribution is -1.88. The molecule has 0 aliphatic heterocycles. The lowest BCUT2D eigenvalue weighted by Gasteiger charge is -2.05. The van der Waals surface area contributed by atoms with Gasteiger partial charge in [-0.15, -0.1) is 0 Å². The van der Waals surface area contributed by atoms with Crippen molar-refractivity contribution in [1.82, 2.24) is 0 Å². The Labute approximate surface area is 110 Å². The van der Waals surface area contributed by atoms with Crippen LogP contribution in [-0.4, -0.2) is 6.29 Å². The molecule has 18 heavy (non-hydrogen) atoms. The molecule has 0 atom stereocenters. The van der Waals surface area contributed by atoms with E-state index < -0.39 is 0 Å². The molecule has 0 saturated carbocycles. The van der Waals surface area contributed by atoms with Gasteiger partial charge in [-0.05, 0) is 43.4 Å². The second kappa shape index (κ2) is 7.65. The second-order valence-corrected chi connectivity index (χ2v) is 4.69. The van der Waals surface area contributed by atoms with Gasteiger partial charge in [0.1, 0.15) is 6.29 Å². The summed E-state index contributed by atoms with van der Waals surface area (Å²) in [4.78, 5) is 10.3. The lowest BCUT2D eigenvalue weighted by molar-refractivity contribution is -0.107. The van der Waals surface area contributed by atoms with Gasteiger partial charge in [-0.1, -0.05) is 48.9 Å². The molecule has 0 aromatic heterocycles. The molecular formula is C17H22O. The van der Waals surface area contributed by atoms with E-state index in [0.29, 0.717) is 6.42 Å². The fourth-order valence-corrected chi connectivity index (χ4v) is 1.88. The summed E-state index contributed by atoms with van der Waals surface area (Å²) >= 11 is 0.